The summed E-state index contributed by atoms with van der Waals surface area (Å²) >= 11 is 0. The minimum absolute atomic E-state index is 0.00614. The van der Waals surface area contributed by atoms with Crippen LogP contribution in [0.5, 0.6) is 11.5 Å². The zero-order valence-corrected chi connectivity index (χ0v) is 20.3. The molecule has 35 heavy (non-hydrogen) atoms. The fraction of sp³-hybridized carbons (Fsp3) is 0.462. The van der Waals surface area contributed by atoms with Gasteiger partial charge in [0.15, 0.2) is 0 Å². The molecular weight excluding hydrogens is 451 g/mol. The minimum Gasteiger partial charge on any atom is -0.497 e. The van der Waals surface area contributed by atoms with E-state index in [2.05, 4.69) is 15.1 Å². The molecule has 2 aromatic carbocycles. The number of methoxy groups -OCH3 is 2. The van der Waals surface area contributed by atoms with Gasteiger partial charge in [0.1, 0.15) is 17.3 Å². The van der Waals surface area contributed by atoms with E-state index >= 15 is 0 Å². The van der Waals surface area contributed by atoms with Crippen molar-refractivity contribution in [3.05, 3.63) is 48.3 Å². The van der Waals surface area contributed by atoms with Gasteiger partial charge in [-0.05, 0) is 62.3 Å². The molecule has 0 aliphatic carbocycles. The number of benzene rings is 2. The number of halogens is 1. The normalized spacial score (nSPS) is 17.2. The number of nitrogens with one attached hydrogen (secondary N) is 1. The van der Waals surface area contributed by atoms with Crippen LogP contribution in [0.25, 0.3) is 0 Å². The molecule has 2 aliphatic heterocycles. The summed E-state index contributed by atoms with van der Waals surface area (Å²) in [5.74, 6) is 1.04. The first kappa shape index (κ1) is 24.8. The van der Waals surface area contributed by atoms with Gasteiger partial charge in [-0.1, -0.05) is 0 Å². The van der Waals surface area contributed by atoms with E-state index in [4.69, 9.17) is 9.47 Å². The number of carbonyl (C=O) groups excluding carboxylic acids is 2. The molecule has 0 saturated carbocycles. The summed E-state index contributed by atoms with van der Waals surface area (Å²) in [6.45, 7) is 4.51. The molecule has 2 aromatic rings. The molecule has 2 aliphatic rings. The van der Waals surface area contributed by atoms with E-state index in [9.17, 15) is 14.0 Å². The fourth-order valence-electron chi connectivity index (χ4n) is 4.73. The summed E-state index contributed by atoms with van der Waals surface area (Å²) in [6, 6.07) is 11.8. The molecule has 2 saturated heterocycles. The van der Waals surface area contributed by atoms with Gasteiger partial charge in [0, 0.05) is 43.9 Å². The molecule has 2 heterocycles. The van der Waals surface area contributed by atoms with Gasteiger partial charge >= 0.3 is 0 Å². The molecule has 1 N–H and O–H groups in total. The number of hydrogen-bond donors (Lipinski definition) is 1. The molecule has 188 valence electrons. The molecule has 0 spiro atoms. The van der Waals surface area contributed by atoms with Crippen molar-refractivity contribution in [3.8, 4) is 11.5 Å². The Hall–Kier alpha value is -3.33. The molecule has 0 atom stereocenters. The second-order valence-electron chi connectivity index (χ2n) is 8.95. The maximum Gasteiger partial charge on any atom is 0.238 e. The summed E-state index contributed by atoms with van der Waals surface area (Å²) in [4.78, 5) is 31.9. The van der Waals surface area contributed by atoms with Crippen LogP contribution in [0.3, 0.4) is 0 Å². The molecule has 2 amide bonds. The number of anilines is 2. The Labute approximate surface area is 205 Å². The van der Waals surface area contributed by atoms with Crippen molar-refractivity contribution in [3.63, 3.8) is 0 Å². The third-order valence-corrected chi connectivity index (χ3v) is 6.77. The highest BCUT2D eigenvalue weighted by molar-refractivity contribution is 5.93. The quantitative estimate of drug-likeness (QED) is 0.652. The van der Waals surface area contributed by atoms with E-state index in [1.54, 1.807) is 44.6 Å². The van der Waals surface area contributed by atoms with Crippen LogP contribution in [-0.2, 0) is 9.59 Å². The van der Waals surface area contributed by atoms with Crippen LogP contribution in [0.2, 0.25) is 0 Å². The standard InChI is InChI=1S/C26H33FN4O4/c1-34-22-7-8-23(24(17-22)35-2)28-25(32)18-29-11-9-19(10-12-29)26(33)31-15-13-30(14-16-31)21-5-3-20(27)4-6-21/h3-8,17,19H,9-16,18H2,1-2H3,(H,28,32). The van der Waals surface area contributed by atoms with Crippen LogP contribution in [0.15, 0.2) is 42.5 Å². The highest BCUT2D eigenvalue weighted by Crippen LogP contribution is 2.29. The predicted molar refractivity (Wildman–Crippen MR) is 133 cm³/mol. The first-order valence-electron chi connectivity index (χ1n) is 12.0. The summed E-state index contributed by atoms with van der Waals surface area (Å²) in [5.41, 5.74) is 1.58. The van der Waals surface area contributed by atoms with Gasteiger partial charge in [-0.2, -0.15) is 0 Å². The van der Waals surface area contributed by atoms with Gasteiger partial charge in [-0.25, -0.2) is 4.39 Å². The Bertz CT molecular complexity index is 1020. The van der Waals surface area contributed by atoms with E-state index in [1.807, 2.05) is 4.90 Å². The number of carbonyl (C=O) groups is 2. The minimum atomic E-state index is -0.244. The van der Waals surface area contributed by atoms with Crippen LogP contribution in [0.4, 0.5) is 15.8 Å². The number of ether oxygens (including phenoxy) is 2. The van der Waals surface area contributed by atoms with Crippen LogP contribution >= 0.6 is 0 Å². The third-order valence-electron chi connectivity index (χ3n) is 6.77. The lowest BCUT2D eigenvalue weighted by molar-refractivity contribution is -0.137. The second kappa shape index (κ2) is 11.4. The van der Waals surface area contributed by atoms with Crippen molar-refractivity contribution in [2.75, 3.05) is 70.2 Å². The van der Waals surface area contributed by atoms with Crippen LogP contribution in [-0.4, -0.2) is 81.6 Å². The van der Waals surface area contributed by atoms with Crippen molar-refractivity contribution in [1.29, 1.82) is 0 Å². The van der Waals surface area contributed by atoms with E-state index < -0.39 is 0 Å². The molecule has 0 aromatic heterocycles. The van der Waals surface area contributed by atoms with Crippen LogP contribution in [0.1, 0.15) is 12.8 Å². The smallest absolute Gasteiger partial charge is 0.238 e. The summed E-state index contributed by atoms with van der Waals surface area (Å²) in [6.07, 6.45) is 1.49. The van der Waals surface area contributed by atoms with Crippen molar-refractivity contribution >= 4 is 23.2 Å². The molecule has 0 unspecified atom stereocenters. The van der Waals surface area contributed by atoms with Gasteiger partial charge in [0.25, 0.3) is 0 Å². The monoisotopic (exact) mass is 484 g/mol. The second-order valence-corrected chi connectivity index (χ2v) is 8.95. The van der Waals surface area contributed by atoms with Gasteiger partial charge in [-0.15, -0.1) is 0 Å². The van der Waals surface area contributed by atoms with Gasteiger partial charge in [0.2, 0.25) is 11.8 Å². The van der Waals surface area contributed by atoms with Crippen LogP contribution in [0, 0.1) is 11.7 Å². The van der Waals surface area contributed by atoms with E-state index in [1.165, 1.54) is 12.1 Å². The summed E-state index contributed by atoms with van der Waals surface area (Å²) < 4.78 is 23.7. The fourth-order valence-corrected chi connectivity index (χ4v) is 4.73. The first-order chi connectivity index (χ1) is 17.0. The van der Waals surface area contributed by atoms with Gasteiger partial charge in [-0.3, -0.25) is 14.5 Å². The van der Waals surface area contributed by atoms with E-state index in [-0.39, 0.29) is 30.1 Å². The summed E-state index contributed by atoms with van der Waals surface area (Å²) in [5, 5.41) is 2.90. The Kier molecular flexibility index (Phi) is 8.07. The van der Waals surface area contributed by atoms with Crippen molar-refractivity contribution in [2.24, 2.45) is 5.92 Å². The molecular formula is C26H33FN4O4. The largest absolute Gasteiger partial charge is 0.497 e. The van der Waals surface area contributed by atoms with E-state index in [0.29, 0.717) is 43.4 Å². The SMILES string of the molecule is COc1ccc(NC(=O)CN2CCC(C(=O)N3CCN(c4ccc(F)cc4)CC3)CC2)c(OC)c1. The topological polar surface area (TPSA) is 74.4 Å². The number of likely N-dealkylation sites (tertiary alicyclic amines) is 1. The van der Waals surface area contributed by atoms with Gasteiger partial charge in [0.05, 0.1) is 26.5 Å². The van der Waals surface area contributed by atoms with Crippen LogP contribution < -0.4 is 19.7 Å². The van der Waals surface area contributed by atoms with Crippen molar-refractivity contribution in [1.82, 2.24) is 9.80 Å². The number of amides is 2. The Balaban J connectivity index is 1.21. The van der Waals surface area contributed by atoms with Gasteiger partial charge < -0.3 is 24.6 Å². The predicted octanol–water partition coefficient (Wildman–Crippen LogP) is 2.84. The molecule has 8 nitrogen and oxygen atoms in total. The number of hydrogen-bond acceptors (Lipinski definition) is 6. The average Bonchev–Trinajstić information content (AvgIpc) is 2.89. The average molecular weight is 485 g/mol. The zero-order chi connectivity index (χ0) is 24.8. The Morgan fingerprint density at radius 2 is 1.63 bits per heavy atom. The number of piperidine rings is 1. The van der Waals surface area contributed by atoms with Crippen molar-refractivity contribution < 1.29 is 23.5 Å². The van der Waals surface area contributed by atoms with E-state index in [0.717, 1.165) is 31.6 Å². The lowest BCUT2D eigenvalue weighted by Crippen LogP contribution is -2.52. The summed E-state index contributed by atoms with van der Waals surface area (Å²) in [7, 11) is 3.13. The third kappa shape index (κ3) is 6.22. The molecule has 2 fully saturated rings. The first-order valence-corrected chi connectivity index (χ1v) is 12.0. The maximum absolute atomic E-state index is 13.2. The Morgan fingerprint density at radius 3 is 2.26 bits per heavy atom. The molecule has 4 rings (SSSR count). The molecule has 9 heteroatoms. The number of rotatable bonds is 7. The lowest BCUT2D eigenvalue weighted by Gasteiger charge is -2.39. The van der Waals surface area contributed by atoms with Crippen molar-refractivity contribution in [2.45, 2.75) is 12.8 Å². The maximum atomic E-state index is 13.2. The highest BCUT2D eigenvalue weighted by Gasteiger charge is 2.31. The Morgan fingerprint density at radius 1 is 0.943 bits per heavy atom. The number of piperazine rings is 1. The lowest BCUT2D eigenvalue weighted by atomic mass is 9.95. The molecule has 0 radical (unpaired) electrons. The number of nitrogens with zero attached hydrogens (tertiary/aromatic N) is 3. The molecule has 0 bridgehead atoms. The zero-order valence-electron chi connectivity index (χ0n) is 20.3. The highest BCUT2D eigenvalue weighted by atomic mass is 19.1.